The first kappa shape index (κ1) is 10.0. The number of piperidine rings is 1. The summed E-state index contributed by atoms with van der Waals surface area (Å²) in [6.07, 6.45) is 3.09. The molecule has 0 radical (unpaired) electrons. The largest absolute Gasteiger partial charge is 0.327 e. The van der Waals surface area contributed by atoms with Crippen molar-refractivity contribution in [1.82, 2.24) is 4.90 Å². The minimum Gasteiger partial charge on any atom is -0.327 e. The van der Waals surface area contributed by atoms with Crippen molar-refractivity contribution in [3.05, 3.63) is 11.6 Å². The van der Waals surface area contributed by atoms with E-state index in [9.17, 15) is 0 Å². The van der Waals surface area contributed by atoms with E-state index in [0.717, 1.165) is 26.1 Å². The number of likely N-dealkylation sites (tertiary alicyclic amines) is 1. The molecule has 1 heterocycles. The lowest BCUT2D eigenvalue weighted by molar-refractivity contribution is 0.180. The highest BCUT2D eigenvalue weighted by molar-refractivity contribution is 6.25. The van der Waals surface area contributed by atoms with Gasteiger partial charge in [-0.05, 0) is 18.9 Å². The summed E-state index contributed by atoms with van der Waals surface area (Å²) in [4.78, 5) is 2.38. The standard InChI is InChI=1S/C9H17ClN2/c1-8-7-12(5-2-4-10)6-3-9(8)11/h2,4,8-9H,3,5-7,11H2,1H3. The van der Waals surface area contributed by atoms with Crippen LogP contribution in [0, 0.1) is 5.92 Å². The molecule has 12 heavy (non-hydrogen) atoms. The predicted molar refractivity (Wildman–Crippen MR) is 53.2 cm³/mol. The fourth-order valence-corrected chi connectivity index (χ4v) is 1.68. The fraction of sp³-hybridized carbons (Fsp3) is 0.778. The first-order valence-electron chi connectivity index (χ1n) is 4.47. The molecule has 2 atom stereocenters. The quantitative estimate of drug-likeness (QED) is 0.710. The van der Waals surface area contributed by atoms with Crippen LogP contribution >= 0.6 is 11.6 Å². The molecule has 0 saturated carbocycles. The zero-order chi connectivity index (χ0) is 8.97. The molecule has 0 aromatic rings. The molecule has 2 N–H and O–H groups in total. The highest BCUT2D eigenvalue weighted by Gasteiger charge is 2.21. The zero-order valence-corrected chi connectivity index (χ0v) is 8.30. The Bertz CT molecular complexity index is 159. The third-order valence-electron chi connectivity index (χ3n) is 2.51. The van der Waals surface area contributed by atoms with Crippen LogP contribution in [0.15, 0.2) is 11.6 Å². The number of halogens is 1. The lowest BCUT2D eigenvalue weighted by atomic mass is 9.95. The van der Waals surface area contributed by atoms with Gasteiger partial charge in [-0.3, -0.25) is 4.90 Å². The van der Waals surface area contributed by atoms with Crippen molar-refractivity contribution in [2.75, 3.05) is 19.6 Å². The lowest BCUT2D eigenvalue weighted by Gasteiger charge is -2.34. The average molecular weight is 189 g/mol. The number of hydrogen-bond donors (Lipinski definition) is 1. The maximum absolute atomic E-state index is 5.90. The van der Waals surface area contributed by atoms with Crippen LogP contribution in [-0.4, -0.2) is 30.6 Å². The number of hydrogen-bond acceptors (Lipinski definition) is 2. The summed E-state index contributed by atoms with van der Waals surface area (Å²) in [6.45, 7) is 5.37. The van der Waals surface area contributed by atoms with E-state index in [-0.39, 0.29) is 0 Å². The van der Waals surface area contributed by atoms with E-state index in [1.807, 2.05) is 6.08 Å². The van der Waals surface area contributed by atoms with Gasteiger partial charge in [0.25, 0.3) is 0 Å². The number of nitrogens with two attached hydrogens (primary N) is 1. The van der Waals surface area contributed by atoms with E-state index in [1.54, 1.807) is 5.54 Å². The normalized spacial score (nSPS) is 32.9. The van der Waals surface area contributed by atoms with Crippen molar-refractivity contribution < 1.29 is 0 Å². The number of nitrogens with zero attached hydrogens (tertiary/aromatic N) is 1. The summed E-state index contributed by atoms with van der Waals surface area (Å²) < 4.78 is 0. The van der Waals surface area contributed by atoms with Crippen LogP contribution in [0.1, 0.15) is 13.3 Å². The molecule has 2 nitrogen and oxygen atoms in total. The molecule has 0 aromatic carbocycles. The van der Waals surface area contributed by atoms with Crippen molar-refractivity contribution in [3.63, 3.8) is 0 Å². The van der Waals surface area contributed by atoms with Crippen molar-refractivity contribution >= 4 is 11.6 Å². The Morgan fingerprint density at radius 2 is 2.42 bits per heavy atom. The third kappa shape index (κ3) is 2.77. The maximum Gasteiger partial charge on any atom is 0.0174 e. The minimum atomic E-state index is 0.390. The van der Waals surface area contributed by atoms with Gasteiger partial charge < -0.3 is 5.73 Å². The van der Waals surface area contributed by atoms with E-state index >= 15 is 0 Å². The second-order valence-electron chi connectivity index (χ2n) is 3.55. The van der Waals surface area contributed by atoms with Gasteiger partial charge >= 0.3 is 0 Å². The summed E-state index contributed by atoms with van der Waals surface area (Å²) >= 11 is 5.45. The first-order valence-corrected chi connectivity index (χ1v) is 4.91. The van der Waals surface area contributed by atoms with E-state index in [1.165, 1.54) is 0 Å². The fourth-order valence-electron chi connectivity index (χ4n) is 1.60. The van der Waals surface area contributed by atoms with E-state index in [0.29, 0.717) is 12.0 Å². The molecule has 1 saturated heterocycles. The summed E-state index contributed by atoms with van der Waals surface area (Å²) in [5.74, 6) is 0.613. The molecule has 1 rings (SSSR count). The Hall–Kier alpha value is -0.0500. The van der Waals surface area contributed by atoms with E-state index in [4.69, 9.17) is 17.3 Å². The Kier molecular flexibility index (Phi) is 4.06. The Morgan fingerprint density at radius 3 is 3.00 bits per heavy atom. The van der Waals surface area contributed by atoms with Crippen LogP contribution in [0.4, 0.5) is 0 Å². The Labute approximate surface area is 79.4 Å². The Balaban J connectivity index is 2.30. The third-order valence-corrected chi connectivity index (χ3v) is 2.69. The lowest BCUT2D eigenvalue weighted by Crippen LogP contribution is -2.45. The van der Waals surface area contributed by atoms with Gasteiger partial charge in [0.05, 0.1) is 0 Å². The minimum absolute atomic E-state index is 0.390. The summed E-state index contributed by atoms with van der Waals surface area (Å²) in [7, 11) is 0. The molecule has 3 heteroatoms. The molecule has 0 aromatic heterocycles. The predicted octanol–water partition coefficient (Wildman–Crippen LogP) is 1.41. The molecule has 0 aliphatic carbocycles. The SMILES string of the molecule is CC1CN(CC=CCl)CCC1N. The molecule has 0 spiro atoms. The maximum atomic E-state index is 5.90. The van der Waals surface area contributed by atoms with Gasteiger partial charge in [0.1, 0.15) is 0 Å². The monoisotopic (exact) mass is 188 g/mol. The van der Waals surface area contributed by atoms with Crippen LogP contribution in [0.3, 0.4) is 0 Å². The molecule has 70 valence electrons. The molecule has 1 aliphatic heterocycles. The smallest absolute Gasteiger partial charge is 0.0174 e. The van der Waals surface area contributed by atoms with E-state index in [2.05, 4.69) is 11.8 Å². The van der Waals surface area contributed by atoms with Gasteiger partial charge in [-0.25, -0.2) is 0 Å². The molecule has 1 fully saturated rings. The molecule has 0 amide bonds. The van der Waals surface area contributed by atoms with Crippen molar-refractivity contribution in [2.45, 2.75) is 19.4 Å². The Morgan fingerprint density at radius 1 is 1.67 bits per heavy atom. The summed E-state index contributed by atoms with van der Waals surface area (Å²) in [5, 5.41) is 0. The van der Waals surface area contributed by atoms with Crippen molar-refractivity contribution in [1.29, 1.82) is 0 Å². The summed E-state index contributed by atoms with van der Waals surface area (Å²) in [5.41, 5.74) is 7.48. The van der Waals surface area contributed by atoms with Gasteiger partial charge in [0, 0.05) is 24.7 Å². The van der Waals surface area contributed by atoms with Crippen molar-refractivity contribution in [3.8, 4) is 0 Å². The van der Waals surface area contributed by atoms with Gasteiger partial charge in [0.15, 0.2) is 0 Å². The van der Waals surface area contributed by atoms with Gasteiger partial charge in [-0.1, -0.05) is 24.6 Å². The molecule has 0 bridgehead atoms. The molecular formula is C9H17ClN2. The van der Waals surface area contributed by atoms with Crippen molar-refractivity contribution in [2.24, 2.45) is 11.7 Å². The topological polar surface area (TPSA) is 29.3 Å². The van der Waals surface area contributed by atoms with Crippen LogP contribution in [-0.2, 0) is 0 Å². The molecule has 1 aliphatic rings. The molecular weight excluding hydrogens is 172 g/mol. The second-order valence-corrected chi connectivity index (χ2v) is 3.80. The van der Waals surface area contributed by atoms with Crippen LogP contribution < -0.4 is 5.73 Å². The van der Waals surface area contributed by atoms with Gasteiger partial charge in [0.2, 0.25) is 0 Å². The van der Waals surface area contributed by atoms with Gasteiger partial charge in [-0.2, -0.15) is 0 Å². The summed E-state index contributed by atoms with van der Waals surface area (Å²) in [6, 6.07) is 0.390. The first-order chi connectivity index (χ1) is 5.74. The average Bonchev–Trinajstić information content (AvgIpc) is 2.07. The second kappa shape index (κ2) is 4.85. The molecule has 2 unspecified atom stereocenters. The van der Waals surface area contributed by atoms with Crippen LogP contribution in [0.25, 0.3) is 0 Å². The zero-order valence-electron chi connectivity index (χ0n) is 7.54. The van der Waals surface area contributed by atoms with Crippen LogP contribution in [0.5, 0.6) is 0 Å². The highest BCUT2D eigenvalue weighted by Crippen LogP contribution is 2.14. The van der Waals surface area contributed by atoms with E-state index < -0.39 is 0 Å². The highest BCUT2D eigenvalue weighted by atomic mass is 35.5. The van der Waals surface area contributed by atoms with Gasteiger partial charge in [-0.15, -0.1) is 0 Å². The van der Waals surface area contributed by atoms with Crippen LogP contribution in [0.2, 0.25) is 0 Å². The number of rotatable bonds is 2.